The maximum atomic E-state index is 12.0. The van der Waals surface area contributed by atoms with Gasteiger partial charge in [-0.3, -0.25) is 9.20 Å². The fraction of sp³-hybridized carbons (Fsp3) is 0.0500. The number of amides is 1. The van der Waals surface area contributed by atoms with Gasteiger partial charge in [0.05, 0.1) is 0 Å². The number of benzene rings is 2. The number of pyridine rings is 1. The molecule has 0 spiro atoms. The van der Waals surface area contributed by atoms with Crippen molar-refractivity contribution in [3.63, 3.8) is 0 Å². The van der Waals surface area contributed by atoms with E-state index in [4.69, 9.17) is 11.6 Å². The molecule has 1 amide bonds. The monoisotopic (exact) mass is 360 g/mol. The van der Waals surface area contributed by atoms with Crippen LogP contribution in [0.5, 0.6) is 0 Å². The van der Waals surface area contributed by atoms with E-state index in [0.717, 1.165) is 33.5 Å². The van der Waals surface area contributed by atoms with Crippen LogP contribution in [-0.4, -0.2) is 20.5 Å². The Bertz CT molecular complexity index is 1180. The van der Waals surface area contributed by atoms with Crippen LogP contribution in [0.2, 0.25) is 5.02 Å². The number of carbonyl (C=O) groups excluding carboxylic acids is 1. The molecule has 0 unspecified atom stereocenters. The third kappa shape index (κ3) is 2.29. The maximum absolute atomic E-state index is 12.0. The highest BCUT2D eigenvalue weighted by Crippen LogP contribution is 2.35. The second kappa shape index (κ2) is 5.68. The fourth-order valence-corrected chi connectivity index (χ4v) is 3.53. The molecule has 0 saturated heterocycles. The smallest absolute Gasteiger partial charge is 0.251 e. The van der Waals surface area contributed by atoms with Gasteiger partial charge in [0.2, 0.25) is 0 Å². The zero-order valence-corrected chi connectivity index (χ0v) is 14.4. The summed E-state index contributed by atoms with van der Waals surface area (Å²) >= 11 is 6.27. The van der Waals surface area contributed by atoms with Crippen molar-refractivity contribution in [3.8, 4) is 22.5 Å². The maximum Gasteiger partial charge on any atom is 0.251 e. The SMILES string of the molecule is O=C1NCc2ccc(-c3ccc(Cl)cc3-c3nnc4ccccn34)cc21. The number of halogens is 1. The number of rotatable bonds is 2. The predicted octanol–water partition coefficient (Wildman–Crippen LogP) is 3.96. The minimum Gasteiger partial charge on any atom is -0.348 e. The molecule has 126 valence electrons. The van der Waals surface area contributed by atoms with Gasteiger partial charge in [-0.25, -0.2) is 0 Å². The highest BCUT2D eigenvalue weighted by molar-refractivity contribution is 6.31. The standard InChI is InChI=1S/C20H13ClN4O/c21-14-6-7-15(12-4-5-13-11-22-20(26)16(13)9-12)17(10-14)19-24-23-18-3-1-2-8-25(18)19/h1-10H,11H2,(H,22,26). The Morgan fingerprint density at radius 2 is 1.88 bits per heavy atom. The van der Waals surface area contributed by atoms with E-state index in [2.05, 4.69) is 15.5 Å². The molecule has 5 rings (SSSR count). The second-order valence-electron chi connectivity index (χ2n) is 6.20. The molecule has 0 atom stereocenters. The van der Waals surface area contributed by atoms with E-state index in [-0.39, 0.29) is 5.91 Å². The van der Waals surface area contributed by atoms with Crippen LogP contribution in [0.1, 0.15) is 15.9 Å². The van der Waals surface area contributed by atoms with Crippen molar-refractivity contribution in [2.75, 3.05) is 0 Å². The van der Waals surface area contributed by atoms with Gasteiger partial charge in [-0.2, -0.15) is 0 Å². The molecule has 4 aromatic rings. The number of aromatic nitrogens is 3. The number of hydrogen-bond acceptors (Lipinski definition) is 3. The normalized spacial score (nSPS) is 13.0. The van der Waals surface area contributed by atoms with E-state index in [9.17, 15) is 4.79 Å². The van der Waals surface area contributed by atoms with Crippen molar-refractivity contribution in [2.24, 2.45) is 0 Å². The van der Waals surface area contributed by atoms with Gasteiger partial charge in [0.25, 0.3) is 5.91 Å². The third-order valence-electron chi connectivity index (χ3n) is 4.64. The lowest BCUT2D eigenvalue weighted by molar-refractivity contribution is 0.0966. The second-order valence-corrected chi connectivity index (χ2v) is 6.63. The summed E-state index contributed by atoms with van der Waals surface area (Å²) in [5.41, 5.74) is 5.27. The Hall–Kier alpha value is -3.18. The van der Waals surface area contributed by atoms with Gasteiger partial charge < -0.3 is 5.32 Å². The molecule has 2 aromatic heterocycles. The molecule has 0 bridgehead atoms. The summed E-state index contributed by atoms with van der Waals surface area (Å²) in [7, 11) is 0. The number of fused-ring (bicyclic) bond motifs is 2. The van der Waals surface area contributed by atoms with Crippen molar-refractivity contribution in [1.29, 1.82) is 0 Å². The minimum atomic E-state index is -0.0368. The predicted molar refractivity (Wildman–Crippen MR) is 100 cm³/mol. The Labute approximate surface area is 154 Å². The first-order valence-electron chi connectivity index (χ1n) is 8.22. The van der Waals surface area contributed by atoms with Crippen LogP contribution in [0.4, 0.5) is 0 Å². The van der Waals surface area contributed by atoms with E-state index in [1.807, 2.05) is 65.2 Å². The Balaban J connectivity index is 1.74. The average Bonchev–Trinajstić information content (AvgIpc) is 3.25. The van der Waals surface area contributed by atoms with E-state index < -0.39 is 0 Å². The van der Waals surface area contributed by atoms with Crippen LogP contribution in [0.25, 0.3) is 28.2 Å². The molecule has 0 saturated carbocycles. The molecule has 1 N–H and O–H groups in total. The summed E-state index contributed by atoms with van der Waals surface area (Å²) in [4.78, 5) is 12.0. The van der Waals surface area contributed by atoms with E-state index >= 15 is 0 Å². The number of nitrogens with zero attached hydrogens (tertiary/aromatic N) is 3. The van der Waals surface area contributed by atoms with Gasteiger partial charge >= 0.3 is 0 Å². The molecule has 6 heteroatoms. The van der Waals surface area contributed by atoms with Crippen LogP contribution in [0.3, 0.4) is 0 Å². The Morgan fingerprint density at radius 1 is 0.962 bits per heavy atom. The van der Waals surface area contributed by atoms with Crippen LogP contribution in [0.15, 0.2) is 60.8 Å². The lowest BCUT2D eigenvalue weighted by Crippen LogP contribution is -2.12. The highest BCUT2D eigenvalue weighted by Gasteiger charge is 2.21. The lowest BCUT2D eigenvalue weighted by Gasteiger charge is -2.10. The third-order valence-corrected chi connectivity index (χ3v) is 4.88. The summed E-state index contributed by atoms with van der Waals surface area (Å²) in [6.07, 6.45) is 1.92. The molecule has 2 aromatic carbocycles. The summed E-state index contributed by atoms with van der Waals surface area (Å²) in [5.74, 6) is 0.674. The highest BCUT2D eigenvalue weighted by atomic mass is 35.5. The van der Waals surface area contributed by atoms with Gasteiger partial charge in [-0.1, -0.05) is 35.9 Å². The molecule has 0 fully saturated rings. The van der Waals surface area contributed by atoms with Gasteiger partial charge in [0.15, 0.2) is 11.5 Å². The first kappa shape index (κ1) is 15.1. The van der Waals surface area contributed by atoms with Crippen LogP contribution in [0, 0.1) is 0 Å². The molecule has 3 heterocycles. The van der Waals surface area contributed by atoms with Gasteiger partial charge in [0.1, 0.15) is 0 Å². The molecule has 1 aliphatic rings. The van der Waals surface area contributed by atoms with Crippen molar-refractivity contribution in [2.45, 2.75) is 6.54 Å². The largest absolute Gasteiger partial charge is 0.348 e. The first-order valence-corrected chi connectivity index (χ1v) is 8.60. The van der Waals surface area contributed by atoms with Crippen molar-refractivity contribution in [1.82, 2.24) is 19.9 Å². The van der Waals surface area contributed by atoms with E-state index in [1.165, 1.54) is 0 Å². The lowest BCUT2D eigenvalue weighted by atomic mass is 9.96. The topological polar surface area (TPSA) is 59.3 Å². The first-order chi connectivity index (χ1) is 12.7. The van der Waals surface area contributed by atoms with Crippen LogP contribution >= 0.6 is 11.6 Å². The molecule has 0 radical (unpaired) electrons. The zero-order chi connectivity index (χ0) is 17.7. The number of nitrogens with one attached hydrogen (secondary N) is 1. The van der Waals surface area contributed by atoms with Crippen LogP contribution < -0.4 is 5.32 Å². The molecule has 26 heavy (non-hydrogen) atoms. The molecule has 5 nitrogen and oxygen atoms in total. The molecular formula is C20H13ClN4O. The molecule has 1 aliphatic heterocycles. The van der Waals surface area contributed by atoms with Crippen molar-refractivity contribution < 1.29 is 4.79 Å². The summed E-state index contributed by atoms with van der Waals surface area (Å²) in [5, 5.41) is 12.1. The number of hydrogen-bond donors (Lipinski definition) is 1. The van der Waals surface area contributed by atoms with Crippen molar-refractivity contribution >= 4 is 23.2 Å². The van der Waals surface area contributed by atoms with E-state index in [1.54, 1.807) is 0 Å². The fourth-order valence-electron chi connectivity index (χ4n) is 3.36. The Kier molecular flexibility index (Phi) is 3.30. The molecule has 0 aliphatic carbocycles. The van der Waals surface area contributed by atoms with Gasteiger partial charge in [-0.05, 0) is 47.0 Å². The number of carbonyl (C=O) groups is 1. The summed E-state index contributed by atoms with van der Waals surface area (Å²) in [6, 6.07) is 17.4. The van der Waals surface area contributed by atoms with Crippen LogP contribution in [-0.2, 0) is 6.54 Å². The van der Waals surface area contributed by atoms with E-state index in [0.29, 0.717) is 17.4 Å². The van der Waals surface area contributed by atoms with Gasteiger partial charge in [-0.15, -0.1) is 10.2 Å². The molecular weight excluding hydrogens is 348 g/mol. The summed E-state index contributed by atoms with van der Waals surface area (Å²) < 4.78 is 1.93. The summed E-state index contributed by atoms with van der Waals surface area (Å²) in [6.45, 7) is 0.580. The minimum absolute atomic E-state index is 0.0368. The van der Waals surface area contributed by atoms with Gasteiger partial charge in [0, 0.05) is 28.9 Å². The quantitative estimate of drug-likeness (QED) is 0.588. The van der Waals surface area contributed by atoms with Crippen molar-refractivity contribution in [3.05, 3.63) is 76.9 Å². The zero-order valence-electron chi connectivity index (χ0n) is 13.6. The average molecular weight is 361 g/mol. The Morgan fingerprint density at radius 3 is 2.81 bits per heavy atom.